The molecule has 2 saturated heterocycles. The van der Waals surface area contributed by atoms with E-state index in [1.807, 2.05) is 0 Å². The van der Waals surface area contributed by atoms with Gasteiger partial charge in [0.05, 0.1) is 12.8 Å². The standard InChI is InChI=1S/C6H5O8P/c7-3-1-6(10)2-4(8)13-15(11,12-3)14-5(6)9/h10H,1-2H2. The Morgan fingerprint density at radius 1 is 1.07 bits per heavy atom. The zero-order valence-electron chi connectivity index (χ0n) is 7.17. The number of phosphoric acid groups is 1. The average Bonchev–Trinajstić information content (AvgIpc) is 2.09. The molecule has 1 N–H and O–H groups in total. The van der Waals surface area contributed by atoms with Gasteiger partial charge in [0.2, 0.25) is 0 Å². The number of carbonyl (C=O) groups excluding carboxylic acids is 3. The lowest BCUT2D eigenvalue weighted by molar-refractivity contribution is -0.161. The van der Waals surface area contributed by atoms with Crippen molar-refractivity contribution < 1.29 is 37.6 Å². The lowest BCUT2D eigenvalue weighted by Crippen LogP contribution is -2.41. The minimum Gasteiger partial charge on any atom is -0.377 e. The number of fused-ring (bicyclic) bond motifs is 3. The fraction of sp³-hybridized carbons (Fsp3) is 0.500. The van der Waals surface area contributed by atoms with Gasteiger partial charge in [-0.25, -0.2) is 4.79 Å². The predicted octanol–water partition coefficient (Wildman–Crippen LogP) is -0.737. The van der Waals surface area contributed by atoms with Crippen LogP contribution in [0.1, 0.15) is 12.8 Å². The number of rotatable bonds is 0. The maximum absolute atomic E-state index is 11.4. The topological polar surface area (TPSA) is 116 Å². The van der Waals surface area contributed by atoms with Crippen LogP contribution in [-0.4, -0.2) is 28.6 Å². The Bertz CT molecular complexity index is 387. The van der Waals surface area contributed by atoms with Crippen LogP contribution in [0.2, 0.25) is 0 Å². The Morgan fingerprint density at radius 3 is 2.00 bits per heavy atom. The monoisotopic (exact) mass is 236 g/mol. The zero-order chi connectivity index (χ0) is 11.3. The van der Waals surface area contributed by atoms with E-state index in [1.165, 1.54) is 0 Å². The lowest BCUT2D eigenvalue weighted by atomic mass is 9.96. The molecule has 0 amide bonds. The van der Waals surface area contributed by atoms with E-state index in [2.05, 4.69) is 13.6 Å². The van der Waals surface area contributed by atoms with Crippen molar-refractivity contribution >= 4 is 25.7 Å². The van der Waals surface area contributed by atoms with Crippen molar-refractivity contribution in [2.24, 2.45) is 0 Å². The summed E-state index contributed by atoms with van der Waals surface area (Å²) in [6.07, 6.45) is -1.57. The van der Waals surface area contributed by atoms with E-state index in [4.69, 9.17) is 0 Å². The van der Waals surface area contributed by atoms with Crippen molar-refractivity contribution in [2.45, 2.75) is 18.4 Å². The van der Waals surface area contributed by atoms with Crippen molar-refractivity contribution in [2.75, 3.05) is 0 Å². The first-order chi connectivity index (χ1) is 6.83. The van der Waals surface area contributed by atoms with Crippen LogP contribution in [0.3, 0.4) is 0 Å². The second-order valence-electron chi connectivity index (χ2n) is 3.14. The van der Waals surface area contributed by atoms with Crippen LogP contribution in [0.25, 0.3) is 0 Å². The molecule has 8 nitrogen and oxygen atoms in total. The van der Waals surface area contributed by atoms with Crippen LogP contribution in [-0.2, 0) is 32.5 Å². The van der Waals surface area contributed by atoms with Crippen LogP contribution in [0.5, 0.6) is 0 Å². The molecule has 0 aromatic carbocycles. The molecule has 0 atom stereocenters. The maximum Gasteiger partial charge on any atom is 0.653 e. The van der Waals surface area contributed by atoms with Crippen LogP contribution >= 0.6 is 7.82 Å². The van der Waals surface area contributed by atoms with Crippen molar-refractivity contribution in [3.63, 3.8) is 0 Å². The van der Waals surface area contributed by atoms with Crippen molar-refractivity contribution in [3.05, 3.63) is 0 Å². The Balaban J connectivity index is 2.52. The minimum absolute atomic E-state index is 0.787. The molecule has 0 unspecified atom stereocenters. The molecule has 0 aliphatic carbocycles. The normalized spacial score (nSPS) is 39.9. The van der Waals surface area contributed by atoms with Gasteiger partial charge in [0.1, 0.15) is 0 Å². The summed E-state index contributed by atoms with van der Waals surface area (Å²) in [5, 5.41) is 9.60. The molecule has 2 rings (SSSR count). The third kappa shape index (κ3) is 1.62. The Hall–Kier alpha value is -1.40. The third-order valence-electron chi connectivity index (χ3n) is 1.88. The van der Waals surface area contributed by atoms with Crippen LogP contribution < -0.4 is 0 Å². The van der Waals surface area contributed by atoms with Gasteiger partial charge in [-0.3, -0.25) is 9.59 Å². The second kappa shape index (κ2) is 2.80. The van der Waals surface area contributed by atoms with Gasteiger partial charge in [-0.1, -0.05) is 0 Å². The molecule has 0 radical (unpaired) electrons. The SMILES string of the molecule is O=C1CC2(O)CC(=O)OP(=O)(O1)OC2=O. The van der Waals surface area contributed by atoms with E-state index in [9.17, 15) is 24.1 Å². The highest BCUT2D eigenvalue weighted by Crippen LogP contribution is 2.55. The molecule has 82 valence electrons. The third-order valence-corrected chi connectivity index (χ3v) is 3.12. The molecule has 0 aromatic heterocycles. The molecular formula is C6H5O8P. The summed E-state index contributed by atoms with van der Waals surface area (Å²) in [7, 11) is -4.53. The van der Waals surface area contributed by atoms with Gasteiger partial charge in [-0.05, 0) is 0 Å². The fourth-order valence-electron chi connectivity index (χ4n) is 1.24. The summed E-state index contributed by atoms with van der Waals surface area (Å²) < 4.78 is 23.9. The van der Waals surface area contributed by atoms with E-state index < -0.39 is 44.2 Å². The highest BCUT2D eigenvalue weighted by Gasteiger charge is 2.57. The second-order valence-corrected chi connectivity index (χ2v) is 4.58. The van der Waals surface area contributed by atoms with Crippen LogP contribution in [0.4, 0.5) is 0 Å². The maximum atomic E-state index is 11.4. The van der Waals surface area contributed by atoms with Gasteiger partial charge in [0.15, 0.2) is 5.60 Å². The highest BCUT2D eigenvalue weighted by atomic mass is 31.2. The Kier molecular flexibility index (Phi) is 1.89. The molecule has 2 fully saturated rings. The first-order valence-electron chi connectivity index (χ1n) is 3.84. The molecule has 2 aliphatic rings. The van der Waals surface area contributed by atoms with E-state index in [1.54, 1.807) is 0 Å². The molecule has 2 heterocycles. The van der Waals surface area contributed by atoms with Gasteiger partial charge in [0.25, 0.3) is 0 Å². The van der Waals surface area contributed by atoms with Gasteiger partial charge >= 0.3 is 25.7 Å². The zero-order valence-corrected chi connectivity index (χ0v) is 8.06. The number of hydrogen-bond donors (Lipinski definition) is 1. The summed E-state index contributed by atoms with van der Waals surface area (Å²) in [6.45, 7) is 0. The van der Waals surface area contributed by atoms with Gasteiger partial charge < -0.3 is 18.7 Å². The quantitative estimate of drug-likeness (QED) is 0.546. The van der Waals surface area contributed by atoms with Crippen LogP contribution in [0.15, 0.2) is 0 Å². The molecule has 0 aromatic rings. The van der Waals surface area contributed by atoms with Crippen molar-refractivity contribution in [1.82, 2.24) is 0 Å². The number of carbonyl (C=O) groups is 3. The fourth-order valence-corrected chi connectivity index (χ4v) is 2.35. The molecular weight excluding hydrogens is 231 g/mol. The van der Waals surface area contributed by atoms with Crippen LogP contribution in [0, 0.1) is 0 Å². The first-order valence-corrected chi connectivity index (χ1v) is 5.30. The molecule has 0 saturated carbocycles. The molecule has 9 heteroatoms. The Morgan fingerprint density at radius 2 is 1.53 bits per heavy atom. The highest BCUT2D eigenvalue weighted by molar-refractivity contribution is 7.50. The summed E-state index contributed by atoms with van der Waals surface area (Å²) in [4.78, 5) is 33.2. The van der Waals surface area contributed by atoms with E-state index in [0.29, 0.717) is 0 Å². The number of phosphoric ester groups is 1. The van der Waals surface area contributed by atoms with Gasteiger partial charge in [-0.2, -0.15) is 4.57 Å². The number of aliphatic hydroxyl groups is 1. The van der Waals surface area contributed by atoms with E-state index >= 15 is 0 Å². The summed E-state index contributed by atoms with van der Waals surface area (Å²) in [5.74, 6) is -3.61. The molecule has 2 bridgehead atoms. The van der Waals surface area contributed by atoms with Crippen molar-refractivity contribution in [3.8, 4) is 0 Å². The lowest BCUT2D eigenvalue weighted by Gasteiger charge is -2.17. The molecule has 15 heavy (non-hydrogen) atoms. The van der Waals surface area contributed by atoms with E-state index in [-0.39, 0.29) is 0 Å². The van der Waals surface area contributed by atoms with Gasteiger partial charge in [0, 0.05) is 0 Å². The summed E-state index contributed by atoms with van der Waals surface area (Å²) in [5.41, 5.74) is -2.35. The van der Waals surface area contributed by atoms with Gasteiger partial charge in [-0.15, -0.1) is 0 Å². The summed E-state index contributed by atoms with van der Waals surface area (Å²) >= 11 is 0. The smallest absolute Gasteiger partial charge is 0.377 e. The molecule has 2 aliphatic heterocycles. The average molecular weight is 236 g/mol. The minimum atomic E-state index is -4.53. The van der Waals surface area contributed by atoms with E-state index in [0.717, 1.165) is 0 Å². The van der Waals surface area contributed by atoms with Crippen molar-refractivity contribution in [1.29, 1.82) is 0 Å². The molecule has 0 spiro atoms. The largest absolute Gasteiger partial charge is 0.653 e. The Labute approximate surface area is 82.7 Å². The first kappa shape index (κ1) is 10.1. The summed E-state index contributed by atoms with van der Waals surface area (Å²) in [6, 6.07) is 0. The predicted molar refractivity (Wildman–Crippen MR) is 40.1 cm³/mol. The number of hydrogen-bond acceptors (Lipinski definition) is 8.